The lowest BCUT2D eigenvalue weighted by atomic mass is 9.97. The van der Waals surface area contributed by atoms with Crippen LogP contribution < -0.4 is 9.47 Å². The third-order valence-corrected chi connectivity index (χ3v) is 4.01. The van der Waals surface area contributed by atoms with Crippen LogP contribution in [0.5, 0.6) is 11.5 Å². The van der Waals surface area contributed by atoms with Gasteiger partial charge in [-0.3, -0.25) is 4.79 Å². The van der Waals surface area contributed by atoms with Crippen LogP contribution in [-0.4, -0.2) is 19.0 Å². The maximum Gasteiger partial charge on any atom is 0.185 e. The molecule has 0 atom stereocenters. The first kappa shape index (κ1) is 16.6. The Morgan fingerprint density at radius 3 is 2.42 bits per heavy atom. The van der Waals surface area contributed by atoms with Gasteiger partial charge in [-0.2, -0.15) is 0 Å². The quantitative estimate of drug-likeness (QED) is 0.579. The Balaban J connectivity index is 1.75. The van der Waals surface area contributed by atoms with Gasteiger partial charge in [-0.25, -0.2) is 0 Å². The molecule has 0 saturated carbocycles. The van der Waals surface area contributed by atoms with Gasteiger partial charge in [0.2, 0.25) is 0 Å². The highest BCUT2D eigenvalue weighted by Crippen LogP contribution is 2.34. The van der Waals surface area contributed by atoms with Crippen molar-refractivity contribution in [3.8, 4) is 11.5 Å². The number of hydrogen-bond acceptors (Lipinski definition) is 3. The average Bonchev–Trinajstić information content (AvgIpc) is 2.72. The van der Waals surface area contributed by atoms with E-state index in [1.165, 1.54) is 0 Å². The molecule has 0 spiro atoms. The van der Waals surface area contributed by atoms with Crippen LogP contribution in [0.2, 0.25) is 5.02 Å². The number of ether oxygens (including phenoxy) is 2. The van der Waals surface area contributed by atoms with E-state index in [1.54, 1.807) is 36.4 Å². The summed E-state index contributed by atoms with van der Waals surface area (Å²) in [6.45, 7) is 5.41. The van der Waals surface area contributed by atoms with E-state index in [4.69, 9.17) is 21.1 Å². The smallest absolute Gasteiger partial charge is 0.185 e. The van der Waals surface area contributed by atoms with Crippen molar-refractivity contribution in [1.82, 2.24) is 0 Å². The predicted molar refractivity (Wildman–Crippen MR) is 96.0 cm³/mol. The van der Waals surface area contributed by atoms with Gasteiger partial charge < -0.3 is 9.47 Å². The Hall–Kier alpha value is -2.26. The van der Waals surface area contributed by atoms with E-state index in [-0.39, 0.29) is 11.2 Å². The Labute approximate surface area is 146 Å². The molecule has 1 aliphatic rings. The van der Waals surface area contributed by atoms with E-state index in [1.807, 2.05) is 18.2 Å². The van der Waals surface area contributed by atoms with Gasteiger partial charge >= 0.3 is 0 Å². The van der Waals surface area contributed by atoms with Gasteiger partial charge in [0, 0.05) is 16.0 Å². The lowest BCUT2D eigenvalue weighted by Gasteiger charge is -2.19. The molecule has 124 valence electrons. The van der Waals surface area contributed by atoms with Crippen molar-refractivity contribution in [3.05, 3.63) is 64.7 Å². The number of halogens is 1. The number of rotatable bonds is 3. The van der Waals surface area contributed by atoms with E-state index in [9.17, 15) is 4.79 Å². The van der Waals surface area contributed by atoms with E-state index < -0.39 is 0 Å². The van der Waals surface area contributed by atoms with Crippen molar-refractivity contribution in [1.29, 1.82) is 0 Å². The second-order valence-corrected chi connectivity index (χ2v) is 7.09. The Bertz CT molecular complexity index is 776. The number of carbonyl (C=O) groups is 1. The molecule has 0 amide bonds. The fourth-order valence-corrected chi connectivity index (χ4v) is 2.46. The molecule has 0 radical (unpaired) electrons. The Morgan fingerprint density at radius 2 is 1.71 bits per heavy atom. The van der Waals surface area contributed by atoms with Crippen LogP contribution >= 0.6 is 11.6 Å². The average molecular weight is 343 g/mol. The van der Waals surface area contributed by atoms with Crippen molar-refractivity contribution < 1.29 is 14.3 Å². The fraction of sp³-hybridized carbons (Fsp3) is 0.250. The molecule has 3 nitrogen and oxygen atoms in total. The molecule has 24 heavy (non-hydrogen) atoms. The van der Waals surface area contributed by atoms with Crippen molar-refractivity contribution in [2.75, 3.05) is 13.2 Å². The number of ketones is 1. The molecule has 0 fully saturated rings. The molecular weight excluding hydrogens is 324 g/mol. The fourth-order valence-electron chi connectivity index (χ4n) is 2.33. The van der Waals surface area contributed by atoms with E-state index in [2.05, 4.69) is 13.8 Å². The number of carbonyl (C=O) groups excluding carboxylic acids is 1. The van der Waals surface area contributed by atoms with Crippen molar-refractivity contribution in [2.24, 2.45) is 5.41 Å². The normalized spacial score (nSPS) is 16.0. The van der Waals surface area contributed by atoms with Crippen LogP contribution in [0.3, 0.4) is 0 Å². The van der Waals surface area contributed by atoms with Crippen LogP contribution in [0.4, 0.5) is 0 Å². The van der Waals surface area contributed by atoms with Crippen LogP contribution in [0.15, 0.2) is 48.5 Å². The maximum atomic E-state index is 12.2. The first-order chi connectivity index (χ1) is 11.4. The number of allylic oxidation sites excluding steroid dienone is 1. The van der Waals surface area contributed by atoms with Crippen LogP contribution in [0.25, 0.3) is 6.08 Å². The van der Waals surface area contributed by atoms with Gasteiger partial charge in [-0.05, 0) is 48.0 Å². The summed E-state index contributed by atoms with van der Waals surface area (Å²) in [7, 11) is 0. The largest absolute Gasteiger partial charge is 0.489 e. The van der Waals surface area contributed by atoms with Crippen LogP contribution in [-0.2, 0) is 0 Å². The Morgan fingerprint density at radius 1 is 1.04 bits per heavy atom. The molecule has 1 heterocycles. The summed E-state index contributed by atoms with van der Waals surface area (Å²) in [6.07, 6.45) is 3.32. The maximum absolute atomic E-state index is 12.2. The van der Waals surface area contributed by atoms with Crippen molar-refractivity contribution in [3.63, 3.8) is 0 Å². The molecule has 0 aliphatic carbocycles. The lowest BCUT2D eigenvalue weighted by Crippen LogP contribution is -2.26. The minimum absolute atomic E-state index is 0.0282. The topological polar surface area (TPSA) is 35.5 Å². The lowest BCUT2D eigenvalue weighted by molar-refractivity contribution is 0.104. The third-order valence-electron chi connectivity index (χ3n) is 3.76. The zero-order valence-electron chi connectivity index (χ0n) is 13.7. The molecule has 0 saturated heterocycles. The monoisotopic (exact) mass is 342 g/mol. The number of benzene rings is 2. The van der Waals surface area contributed by atoms with Gasteiger partial charge in [-0.1, -0.05) is 37.6 Å². The highest BCUT2D eigenvalue weighted by Gasteiger charge is 2.25. The summed E-state index contributed by atoms with van der Waals surface area (Å²) in [5, 5.41) is 0.612. The minimum Gasteiger partial charge on any atom is -0.489 e. The molecular formula is C20H19ClO3. The van der Waals surface area contributed by atoms with E-state index >= 15 is 0 Å². The molecule has 1 aliphatic heterocycles. The van der Waals surface area contributed by atoms with Gasteiger partial charge in [0.05, 0.1) is 13.2 Å². The molecule has 0 bridgehead atoms. The standard InChI is InChI=1S/C20H19ClO3/c1-20(2)12-23-18-10-4-14(11-19(18)24-13-20)3-9-17(22)15-5-7-16(21)8-6-15/h3-11H,12-13H2,1-2H3/b9-3+. The van der Waals surface area contributed by atoms with Gasteiger partial charge in [0.15, 0.2) is 17.3 Å². The summed E-state index contributed by atoms with van der Waals surface area (Å²) in [4.78, 5) is 12.2. The molecule has 2 aromatic rings. The van der Waals surface area contributed by atoms with Gasteiger partial charge in [0.1, 0.15) is 0 Å². The zero-order valence-corrected chi connectivity index (χ0v) is 14.5. The highest BCUT2D eigenvalue weighted by atomic mass is 35.5. The summed E-state index contributed by atoms with van der Waals surface area (Å²) >= 11 is 5.84. The summed E-state index contributed by atoms with van der Waals surface area (Å²) in [5.41, 5.74) is 1.46. The zero-order chi connectivity index (χ0) is 17.2. The first-order valence-electron chi connectivity index (χ1n) is 7.81. The highest BCUT2D eigenvalue weighted by molar-refractivity contribution is 6.30. The second-order valence-electron chi connectivity index (χ2n) is 6.65. The van der Waals surface area contributed by atoms with E-state index in [0.717, 1.165) is 11.3 Å². The minimum atomic E-state index is -0.0695. The van der Waals surface area contributed by atoms with Crippen molar-refractivity contribution >= 4 is 23.5 Å². The molecule has 0 N–H and O–H groups in total. The third kappa shape index (κ3) is 3.98. The summed E-state index contributed by atoms with van der Waals surface area (Å²) in [6, 6.07) is 12.5. The number of fused-ring (bicyclic) bond motifs is 1. The SMILES string of the molecule is CC1(C)COc2ccc(/C=C/C(=O)c3ccc(Cl)cc3)cc2OC1. The second kappa shape index (κ2) is 6.70. The van der Waals surface area contributed by atoms with Crippen LogP contribution in [0, 0.1) is 5.41 Å². The van der Waals surface area contributed by atoms with Gasteiger partial charge in [0.25, 0.3) is 0 Å². The summed E-state index contributed by atoms with van der Waals surface area (Å²) < 4.78 is 11.6. The van der Waals surface area contributed by atoms with Gasteiger partial charge in [-0.15, -0.1) is 0 Å². The molecule has 3 rings (SSSR count). The number of hydrogen-bond donors (Lipinski definition) is 0. The Kier molecular flexibility index (Phi) is 4.63. The molecule has 4 heteroatoms. The first-order valence-corrected chi connectivity index (χ1v) is 8.18. The van der Waals surface area contributed by atoms with Crippen LogP contribution in [0.1, 0.15) is 29.8 Å². The predicted octanol–water partition coefficient (Wildman–Crippen LogP) is 5.03. The van der Waals surface area contributed by atoms with Crippen molar-refractivity contribution in [2.45, 2.75) is 13.8 Å². The molecule has 0 aromatic heterocycles. The molecule has 2 aromatic carbocycles. The van der Waals surface area contributed by atoms with E-state index in [0.29, 0.717) is 29.5 Å². The molecule has 0 unspecified atom stereocenters. The summed E-state index contributed by atoms with van der Waals surface area (Å²) in [5.74, 6) is 1.38.